The molecule has 7 heteroatoms. The Labute approximate surface area is 144 Å². The van der Waals surface area contributed by atoms with E-state index in [0.29, 0.717) is 50.4 Å². The number of nitrogens with zero attached hydrogens (tertiary/aromatic N) is 1. The van der Waals surface area contributed by atoms with Crippen LogP contribution in [0.15, 0.2) is 24.3 Å². The molecule has 1 aromatic rings. The molecule has 0 spiro atoms. The molecule has 1 saturated heterocycles. The molecule has 1 aliphatic heterocycles. The maximum Gasteiger partial charge on any atom is 0.256 e. The van der Waals surface area contributed by atoms with Gasteiger partial charge in [0.1, 0.15) is 0 Å². The standard InChI is InChI=1S/C17H26N2O4S/c1-3-7-14(4-2)24(21,22)18-16-9-6-5-8-15(16)17(20)19-10-12-23-13-11-19/h5-6,8-9,14,18H,3-4,7,10-13H2,1-2H3/t14-/m1/s1. The molecule has 0 saturated carbocycles. The number of morpholine rings is 1. The van der Waals surface area contributed by atoms with Crippen LogP contribution in [0.25, 0.3) is 0 Å². The Bertz CT molecular complexity index is 654. The minimum atomic E-state index is -3.52. The Morgan fingerprint density at radius 3 is 2.54 bits per heavy atom. The largest absolute Gasteiger partial charge is 0.378 e. The summed E-state index contributed by atoms with van der Waals surface area (Å²) in [5.41, 5.74) is 0.734. The number of sulfonamides is 1. The number of nitrogens with one attached hydrogen (secondary N) is 1. The lowest BCUT2D eigenvalue weighted by Gasteiger charge is -2.28. The van der Waals surface area contributed by atoms with Crippen molar-refractivity contribution < 1.29 is 17.9 Å². The Morgan fingerprint density at radius 2 is 1.92 bits per heavy atom. The SMILES string of the molecule is CCC[C@@H](CC)S(=O)(=O)Nc1ccccc1C(=O)N1CCOCC1. The van der Waals surface area contributed by atoms with Crippen molar-refractivity contribution in [3.63, 3.8) is 0 Å². The summed E-state index contributed by atoms with van der Waals surface area (Å²) in [5.74, 6) is -0.167. The zero-order valence-electron chi connectivity index (χ0n) is 14.3. The molecule has 1 amide bonds. The highest BCUT2D eigenvalue weighted by Crippen LogP contribution is 2.22. The summed E-state index contributed by atoms with van der Waals surface area (Å²) < 4.78 is 33.1. The minimum Gasteiger partial charge on any atom is -0.378 e. The van der Waals surface area contributed by atoms with Gasteiger partial charge in [0.2, 0.25) is 10.0 Å². The molecule has 0 unspecified atom stereocenters. The van der Waals surface area contributed by atoms with E-state index < -0.39 is 15.3 Å². The van der Waals surface area contributed by atoms with E-state index in [-0.39, 0.29) is 5.91 Å². The third-order valence-electron chi connectivity index (χ3n) is 4.21. The summed E-state index contributed by atoms with van der Waals surface area (Å²) in [6.45, 7) is 5.89. The van der Waals surface area contributed by atoms with Crippen LogP contribution in [0.1, 0.15) is 43.5 Å². The average Bonchev–Trinajstić information content (AvgIpc) is 2.59. The van der Waals surface area contributed by atoms with Crippen molar-refractivity contribution in [2.24, 2.45) is 0 Å². The zero-order chi connectivity index (χ0) is 17.6. The highest BCUT2D eigenvalue weighted by Gasteiger charge is 2.26. The smallest absolute Gasteiger partial charge is 0.256 e. The number of ether oxygens (including phenoxy) is 1. The molecule has 1 aromatic carbocycles. The number of amides is 1. The third-order valence-corrected chi connectivity index (χ3v) is 6.16. The molecular formula is C17H26N2O4S. The van der Waals surface area contributed by atoms with E-state index in [0.717, 1.165) is 6.42 Å². The molecular weight excluding hydrogens is 328 g/mol. The summed E-state index contributed by atoms with van der Waals surface area (Å²) in [5, 5.41) is -0.450. The van der Waals surface area contributed by atoms with E-state index >= 15 is 0 Å². The molecule has 0 aliphatic carbocycles. The van der Waals surface area contributed by atoms with Crippen LogP contribution in [0.3, 0.4) is 0 Å². The van der Waals surface area contributed by atoms with Gasteiger partial charge in [0, 0.05) is 13.1 Å². The van der Waals surface area contributed by atoms with Gasteiger partial charge >= 0.3 is 0 Å². The predicted molar refractivity (Wildman–Crippen MR) is 94.7 cm³/mol. The number of carbonyl (C=O) groups is 1. The van der Waals surface area contributed by atoms with Crippen molar-refractivity contribution in [1.29, 1.82) is 0 Å². The van der Waals surface area contributed by atoms with E-state index in [2.05, 4.69) is 4.72 Å². The van der Waals surface area contributed by atoms with Gasteiger partial charge < -0.3 is 9.64 Å². The van der Waals surface area contributed by atoms with Crippen LogP contribution in [-0.2, 0) is 14.8 Å². The van der Waals surface area contributed by atoms with Crippen LogP contribution in [-0.4, -0.2) is 50.8 Å². The number of anilines is 1. The van der Waals surface area contributed by atoms with Crippen molar-refractivity contribution in [2.75, 3.05) is 31.0 Å². The van der Waals surface area contributed by atoms with Crippen molar-refractivity contribution in [2.45, 2.75) is 38.4 Å². The molecule has 24 heavy (non-hydrogen) atoms. The van der Waals surface area contributed by atoms with Crippen molar-refractivity contribution in [3.8, 4) is 0 Å². The minimum absolute atomic E-state index is 0.167. The first kappa shape index (κ1) is 18.7. The molecule has 1 fully saturated rings. The molecule has 1 N–H and O–H groups in total. The van der Waals surface area contributed by atoms with Gasteiger partial charge in [0.05, 0.1) is 29.7 Å². The molecule has 0 radical (unpaired) electrons. The van der Waals surface area contributed by atoms with Crippen molar-refractivity contribution in [3.05, 3.63) is 29.8 Å². The van der Waals surface area contributed by atoms with E-state index in [1.54, 1.807) is 29.2 Å². The van der Waals surface area contributed by atoms with Gasteiger partial charge in [0.25, 0.3) is 5.91 Å². The van der Waals surface area contributed by atoms with Gasteiger partial charge in [-0.05, 0) is 25.0 Å². The molecule has 0 bridgehead atoms. The highest BCUT2D eigenvalue weighted by atomic mass is 32.2. The molecule has 0 aromatic heterocycles. The van der Waals surface area contributed by atoms with Crippen LogP contribution in [0, 0.1) is 0 Å². The van der Waals surface area contributed by atoms with Crippen LogP contribution in [0.5, 0.6) is 0 Å². The van der Waals surface area contributed by atoms with E-state index in [4.69, 9.17) is 4.74 Å². The maximum atomic E-state index is 12.7. The van der Waals surface area contributed by atoms with Crippen molar-refractivity contribution in [1.82, 2.24) is 4.90 Å². The number of benzene rings is 1. The van der Waals surface area contributed by atoms with Gasteiger partial charge in [-0.1, -0.05) is 32.4 Å². The first-order valence-corrected chi connectivity index (χ1v) is 10.0. The van der Waals surface area contributed by atoms with Crippen LogP contribution in [0.4, 0.5) is 5.69 Å². The van der Waals surface area contributed by atoms with Gasteiger partial charge in [-0.2, -0.15) is 0 Å². The van der Waals surface area contributed by atoms with Gasteiger partial charge in [-0.3, -0.25) is 9.52 Å². The lowest BCUT2D eigenvalue weighted by Crippen LogP contribution is -2.41. The number of hydrogen-bond acceptors (Lipinski definition) is 4. The Hall–Kier alpha value is -1.60. The lowest BCUT2D eigenvalue weighted by atomic mass is 10.1. The number of carbonyl (C=O) groups excluding carboxylic acids is 1. The normalized spacial score (nSPS) is 16.7. The zero-order valence-corrected chi connectivity index (χ0v) is 15.1. The third kappa shape index (κ3) is 4.48. The topological polar surface area (TPSA) is 75.7 Å². The summed E-state index contributed by atoms with van der Waals surface area (Å²) >= 11 is 0. The number of rotatable bonds is 7. The second-order valence-corrected chi connectivity index (χ2v) is 7.88. The summed E-state index contributed by atoms with van der Waals surface area (Å²) in [6.07, 6.45) is 1.95. The number of hydrogen-bond donors (Lipinski definition) is 1. The predicted octanol–water partition coefficient (Wildman–Crippen LogP) is 2.48. The fourth-order valence-corrected chi connectivity index (χ4v) is 4.47. The molecule has 1 atom stereocenters. The van der Waals surface area contributed by atoms with Gasteiger partial charge in [-0.25, -0.2) is 8.42 Å². The van der Waals surface area contributed by atoms with E-state index in [9.17, 15) is 13.2 Å². The summed E-state index contributed by atoms with van der Waals surface area (Å²) in [7, 11) is -3.52. The fourth-order valence-electron chi connectivity index (χ4n) is 2.83. The molecule has 1 heterocycles. The van der Waals surface area contributed by atoms with Gasteiger partial charge in [-0.15, -0.1) is 0 Å². The fraction of sp³-hybridized carbons (Fsp3) is 0.588. The Balaban J connectivity index is 2.23. The molecule has 134 valence electrons. The second kappa shape index (κ2) is 8.48. The van der Waals surface area contributed by atoms with Crippen LogP contribution >= 0.6 is 0 Å². The first-order valence-electron chi connectivity index (χ1n) is 8.47. The number of para-hydroxylation sites is 1. The maximum absolute atomic E-state index is 12.7. The summed E-state index contributed by atoms with van der Waals surface area (Å²) in [6, 6.07) is 6.78. The van der Waals surface area contributed by atoms with Gasteiger partial charge in [0.15, 0.2) is 0 Å². The van der Waals surface area contributed by atoms with E-state index in [1.165, 1.54) is 0 Å². The first-order chi connectivity index (χ1) is 11.5. The van der Waals surface area contributed by atoms with Crippen LogP contribution < -0.4 is 4.72 Å². The van der Waals surface area contributed by atoms with Crippen LogP contribution in [0.2, 0.25) is 0 Å². The molecule has 1 aliphatic rings. The lowest BCUT2D eigenvalue weighted by molar-refractivity contribution is 0.0303. The monoisotopic (exact) mass is 354 g/mol. The van der Waals surface area contributed by atoms with Crippen molar-refractivity contribution >= 4 is 21.6 Å². The molecule has 2 rings (SSSR count). The highest BCUT2D eigenvalue weighted by molar-refractivity contribution is 7.93. The second-order valence-electron chi connectivity index (χ2n) is 5.92. The molecule has 6 nitrogen and oxygen atoms in total. The quantitative estimate of drug-likeness (QED) is 0.816. The Morgan fingerprint density at radius 1 is 1.25 bits per heavy atom. The summed E-state index contributed by atoms with van der Waals surface area (Å²) in [4.78, 5) is 14.4. The Kier molecular flexibility index (Phi) is 6.62. The van der Waals surface area contributed by atoms with E-state index in [1.807, 2.05) is 13.8 Å². The average molecular weight is 354 g/mol.